The second kappa shape index (κ2) is 9.31. The third-order valence-electron chi connectivity index (χ3n) is 5.79. The number of rotatable bonds is 7. The lowest BCUT2D eigenvalue weighted by Gasteiger charge is -2.33. The smallest absolute Gasteiger partial charge is 0.160 e. The summed E-state index contributed by atoms with van der Waals surface area (Å²) in [5.41, 5.74) is 2.54. The predicted molar refractivity (Wildman–Crippen MR) is 116 cm³/mol. The molecule has 1 aromatic carbocycles. The van der Waals surface area contributed by atoms with Crippen LogP contribution in [-0.4, -0.2) is 44.1 Å². The van der Waals surface area contributed by atoms with Gasteiger partial charge in [-0.2, -0.15) is 0 Å². The molecule has 0 radical (unpaired) electrons. The lowest BCUT2D eigenvalue weighted by Crippen LogP contribution is -2.36. The summed E-state index contributed by atoms with van der Waals surface area (Å²) in [5.74, 6) is 2.76. The van der Waals surface area contributed by atoms with Gasteiger partial charge in [-0.3, -0.25) is 9.55 Å². The SMILES string of the molecule is CC(C)c1nccn1-c1nccnc1C1CCCN(CCCc2ccccc2)C1. The van der Waals surface area contributed by atoms with E-state index < -0.39 is 0 Å². The van der Waals surface area contributed by atoms with E-state index in [0.29, 0.717) is 11.8 Å². The van der Waals surface area contributed by atoms with Gasteiger partial charge in [-0.15, -0.1) is 0 Å². The Hall–Kier alpha value is -2.53. The molecule has 1 fully saturated rings. The minimum Gasteiger partial charge on any atom is -0.303 e. The minimum atomic E-state index is 0.348. The van der Waals surface area contributed by atoms with Crippen molar-refractivity contribution in [2.75, 3.05) is 19.6 Å². The number of benzene rings is 1. The van der Waals surface area contributed by atoms with E-state index in [4.69, 9.17) is 9.97 Å². The monoisotopic (exact) mass is 389 g/mol. The summed E-state index contributed by atoms with van der Waals surface area (Å²) in [6.07, 6.45) is 12.2. The standard InChI is InChI=1S/C24H31N5/c1-19(2)23-27-14-17-29(23)24-22(25-12-13-26-24)21-11-7-16-28(18-21)15-6-10-20-8-4-3-5-9-20/h3-5,8-9,12-14,17,19,21H,6-7,10-11,15-16,18H2,1-2H3. The van der Waals surface area contributed by atoms with Crippen LogP contribution in [-0.2, 0) is 6.42 Å². The van der Waals surface area contributed by atoms with Gasteiger partial charge in [-0.25, -0.2) is 9.97 Å². The topological polar surface area (TPSA) is 46.8 Å². The van der Waals surface area contributed by atoms with Crippen LogP contribution in [0.4, 0.5) is 0 Å². The molecule has 152 valence electrons. The van der Waals surface area contributed by atoms with Crippen molar-refractivity contribution in [3.8, 4) is 5.82 Å². The maximum Gasteiger partial charge on any atom is 0.160 e. The average molecular weight is 390 g/mol. The van der Waals surface area contributed by atoms with Gasteiger partial charge in [-0.1, -0.05) is 44.2 Å². The number of aryl methyl sites for hydroxylation is 1. The van der Waals surface area contributed by atoms with E-state index in [0.717, 1.165) is 36.8 Å². The highest BCUT2D eigenvalue weighted by atomic mass is 15.2. The van der Waals surface area contributed by atoms with Crippen molar-refractivity contribution in [1.29, 1.82) is 0 Å². The first-order valence-corrected chi connectivity index (χ1v) is 10.8. The number of nitrogens with zero attached hydrogens (tertiary/aromatic N) is 5. The summed E-state index contributed by atoms with van der Waals surface area (Å²) < 4.78 is 2.13. The Labute approximate surface area is 173 Å². The van der Waals surface area contributed by atoms with Gasteiger partial charge in [0.2, 0.25) is 0 Å². The Balaban J connectivity index is 1.45. The Morgan fingerprint density at radius 3 is 2.69 bits per heavy atom. The molecular formula is C24H31N5. The fraction of sp³-hybridized carbons (Fsp3) is 0.458. The molecule has 4 rings (SSSR count). The summed E-state index contributed by atoms with van der Waals surface area (Å²) in [5, 5.41) is 0. The van der Waals surface area contributed by atoms with Crippen LogP contribution < -0.4 is 0 Å². The van der Waals surface area contributed by atoms with Crippen molar-refractivity contribution in [2.45, 2.75) is 51.4 Å². The van der Waals surface area contributed by atoms with Gasteiger partial charge in [0.1, 0.15) is 5.82 Å². The van der Waals surface area contributed by atoms with Gasteiger partial charge in [0, 0.05) is 43.2 Å². The summed E-state index contributed by atoms with van der Waals surface area (Å²) in [7, 11) is 0. The molecule has 3 heterocycles. The van der Waals surface area contributed by atoms with Gasteiger partial charge in [0.15, 0.2) is 5.82 Å². The lowest BCUT2D eigenvalue weighted by atomic mass is 9.94. The van der Waals surface area contributed by atoms with E-state index in [2.05, 4.69) is 58.6 Å². The third kappa shape index (κ3) is 4.73. The van der Waals surface area contributed by atoms with E-state index in [1.165, 1.54) is 31.4 Å². The van der Waals surface area contributed by atoms with Crippen LogP contribution in [0.15, 0.2) is 55.1 Å². The second-order valence-electron chi connectivity index (χ2n) is 8.30. The molecule has 0 amide bonds. The van der Waals surface area contributed by atoms with Gasteiger partial charge >= 0.3 is 0 Å². The van der Waals surface area contributed by atoms with Gasteiger partial charge in [0.25, 0.3) is 0 Å². The molecule has 0 saturated carbocycles. The molecule has 0 aliphatic carbocycles. The maximum atomic E-state index is 4.78. The molecule has 1 aliphatic heterocycles. The quantitative estimate of drug-likeness (QED) is 0.593. The zero-order valence-corrected chi connectivity index (χ0v) is 17.5. The molecule has 1 aliphatic rings. The number of piperidine rings is 1. The van der Waals surface area contributed by atoms with Crippen LogP contribution in [0.3, 0.4) is 0 Å². The molecule has 3 aromatic rings. The maximum absolute atomic E-state index is 4.78. The fourth-order valence-corrected chi connectivity index (χ4v) is 4.37. The number of likely N-dealkylation sites (tertiary alicyclic amines) is 1. The van der Waals surface area contributed by atoms with Crippen LogP contribution in [0, 0.1) is 0 Å². The van der Waals surface area contributed by atoms with Crippen LogP contribution in [0.1, 0.15) is 62.0 Å². The average Bonchev–Trinajstić information content (AvgIpc) is 3.25. The molecule has 5 nitrogen and oxygen atoms in total. The second-order valence-corrected chi connectivity index (χ2v) is 8.30. The zero-order valence-electron chi connectivity index (χ0n) is 17.5. The molecule has 1 saturated heterocycles. The van der Waals surface area contributed by atoms with Gasteiger partial charge in [0.05, 0.1) is 5.69 Å². The largest absolute Gasteiger partial charge is 0.303 e. The Morgan fingerprint density at radius 2 is 1.86 bits per heavy atom. The molecule has 1 unspecified atom stereocenters. The van der Waals surface area contributed by atoms with E-state index in [9.17, 15) is 0 Å². The molecule has 29 heavy (non-hydrogen) atoms. The van der Waals surface area contributed by atoms with E-state index in [1.54, 1.807) is 6.20 Å². The number of aromatic nitrogens is 4. The minimum absolute atomic E-state index is 0.348. The first-order chi connectivity index (χ1) is 14.2. The molecule has 0 N–H and O–H groups in total. The molecule has 1 atom stereocenters. The number of hydrogen-bond acceptors (Lipinski definition) is 4. The summed E-state index contributed by atoms with van der Waals surface area (Å²) in [6.45, 7) is 7.73. The van der Waals surface area contributed by atoms with Crippen LogP contribution in [0.2, 0.25) is 0 Å². The Kier molecular flexibility index (Phi) is 6.35. The molecule has 0 spiro atoms. The van der Waals surface area contributed by atoms with Crippen LogP contribution in [0.5, 0.6) is 0 Å². The normalized spacial score (nSPS) is 17.7. The number of hydrogen-bond donors (Lipinski definition) is 0. The highest BCUT2D eigenvalue weighted by Gasteiger charge is 2.26. The van der Waals surface area contributed by atoms with Crippen molar-refractivity contribution >= 4 is 0 Å². The van der Waals surface area contributed by atoms with E-state index >= 15 is 0 Å². The molecule has 2 aromatic heterocycles. The zero-order chi connectivity index (χ0) is 20.1. The van der Waals surface area contributed by atoms with Gasteiger partial charge < -0.3 is 4.90 Å². The summed E-state index contributed by atoms with van der Waals surface area (Å²) >= 11 is 0. The van der Waals surface area contributed by atoms with Crippen molar-refractivity contribution < 1.29 is 0 Å². The lowest BCUT2D eigenvalue weighted by molar-refractivity contribution is 0.204. The van der Waals surface area contributed by atoms with Crippen molar-refractivity contribution in [3.05, 3.63) is 72.2 Å². The van der Waals surface area contributed by atoms with Crippen LogP contribution in [0.25, 0.3) is 5.82 Å². The predicted octanol–water partition coefficient (Wildman–Crippen LogP) is 4.60. The fourth-order valence-electron chi connectivity index (χ4n) is 4.37. The Bertz CT molecular complexity index is 902. The first-order valence-electron chi connectivity index (χ1n) is 10.8. The molecular weight excluding hydrogens is 358 g/mol. The summed E-state index contributed by atoms with van der Waals surface area (Å²) in [4.78, 5) is 16.6. The van der Waals surface area contributed by atoms with Crippen molar-refractivity contribution in [3.63, 3.8) is 0 Å². The summed E-state index contributed by atoms with van der Waals surface area (Å²) in [6, 6.07) is 10.8. The van der Waals surface area contributed by atoms with Crippen molar-refractivity contribution in [2.24, 2.45) is 0 Å². The number of imidazole rings is 1. The third-order valence-corrected chi connectivity index (χ3v) is 5.79. The molecule has 5 heteroatoms. The highest BCUT2D eigenvalue weighted by Crippen LogP contribution is 2.30. The van der Waals surface area contributed by atoms with Gasteiger partial charge in [-0.05, 0) is 44.3 Å². The first kappa shape index (κ1) is 19.8. The van der Waals surface area contributed by atoms with Crippen molar-refractivity contribution in [1.82, 2.24) is 24.4 Å². The highest BCUT2D eigenvalue weighted by molar-refractivity contribution is 5.33. The van der Waals surface area contributed by atoms with Crippen LogP contribution >= 0.6 is 0 Å². The Morgan fingerprint density at radius 1 is 1.03 bits per heavy atom. The molecule has 0 bridgehead atoms. The van der Waals surface area contributed by atoms with E-state index in [1.807, 2.05) is 18.6 Å². The van der Waals surface area contributed by atoms with E-state index in [-0.39, 0.29) is 0 Å².